The molecule has 0 fully saturated rings. The fourth-order valence-electron chi connectivity index (χ4n) is 2.79. The molecule has 0 aliphatic carbocycles. The molecule has 1 amide bonds. The average molecular weight is 400 g/mol. The van der Waals surface area contributed by atoms with E-state index in [1.54, 1.807) is 11.0 Å². The molecule has 0 unspecified atom stereocenters. The van der Waals surface area contributed by atoms with Crippen molar-refractivity contribution >= 4 is 46.1 Å². The van der Waals surface area contributed by atoms with Crippen LogP contribution in [0.3, 0.4) is 0 Å². The number of carbonyl (C=O) groups excluding carboxylic acids is 1. The predicted molar refractivity (Wildman–Crippen MR) is 108 cm³/mol. The number of nitrogens with one attached hydrogen (secondary N) is 1. The molecule has 0 radical (unpaired) electrons. The summed E-state index contributed by atoms with van der Waals surface area (Å²) in [4.78, 5) is 26.1. The number of hydrogen-bond acceptors (Lipinski definition) is 5. The van der Waals surface area contributed by atoms with E-state index in [2.05, 4.69) is 27.1 Å². The van der Waals surface area contributed by atoms with Crippen molar-refractivity contribution in [1.29, 1.82) is 5.26 Å². The van der Waals surface area contributed by atoms with Crippen molar-refractivity contribution in [3.8, 4) is 6.07 Å². The Bertz CT molecular complexity index is 1010. The van der Waals surface area contributed by atoms with Crippen molar-refractivity contribution < 1.29 is 4.79 Å². The van der Waals surface area contributed by atoms with Gasteiger partial charge in [-0.25, -0.2) is 9.97 Å². The summed E-state index contributed by atoms with van der Waals surface area (Å²) in [7, 11) is 0. The SMILES string of the molecule is Cc1cc(C)cc(N(CCC#N)C(=O)CSc2nc3ncc(Cl)cc3[nH]2)c1. The molecule has 0 saturated heterocycles. The van der Waals surface area contributed by atoms with Crippen molar-refractivity contribution in [3.63, 3.8) is 0 Å². The van der Waals surface area contributed by atoms with Gasteiger partial charge < -0.3 is 9.88 Å². The van der Waals surface area contributed by atoms with Gasteiger partial charge in [-0.1, -0.05) is 29.4 Å². The standard InChI is InChI=1S/C19H18ClN5OS/c1-12-6-13(2)8-15(7-12)25(5-3-4-21)17(26)11-27-19-23-16-9-14(20)10-22-18(16)24-19/h6-10H,3,5,11H2,1-2H3,(H,22,23,24). The van der Waals surface area contributed by atoms with E-state index in [0.29, 0.717) is 22.4 Å². The van der Waals surface area contributed by atoms with Gasteiger partial charge >= 0.3 is 0 Å². The molecule has 6 nitrogen and oxygen atoms in total. The molecule has 0 saturated carbocycles. The van der Waals surface area contributed by atoms with Gasteiger partial charge in [0, 0.05) is 18.4 Å². The normalized spacial score (nSPS) is 10.7. The maximum Gasteiger partial charge on any atom is 0.237 e. The Morgan fingerprint density at radius 3 is 2.74 bits per heavy atom. The van der Waals surface area contributed by atoms with Crippen LogP contribution in [0.5, 0.6) is 0 Å². The van der Waals surface area contributed by atoms with E-state index >= 15 is 0 Å². The number of halogens is 1. The van der Waals surface area contributed by atoms with E-state index in [0.717, 1.165) is 22.3 Å². The lowest BCUT2D eigenvalue weighted by Gasteiger charge is -2.22. The maximum atomic E-state index is 12.8. The molecule has 3 rings (SSSR count). The summed E-state index contributed by atoms with van der Waals surface area (Å²) in [5.41, 5.74) is 4.25. The number of nitriles is 1. The van der Waals surface area contributed by atoms with E-state index < -0.39 is 0 Å². The molecule has 27 heavy (non-hydrogen) atoms. The number of pyridine rings is 1. The molecule has 0 aliphatic heterocycles. The molecule has 0 bridgehead atoms. The zero-order valence-corrected chi connectivity index (χ0v) is 16.6. The van der Waals surface area contributed by atoms with Crippen LogP contribution in [0.1, 0.15) is 17.5 Å². The lowest BCUT2D eigenvalue weighted by atomic mass is 10.1. The number of anilines is 1. The van der Waals surface area contributed by atoms with Crippen molar-refractivity contribution in [3.05, 3.63) is 46.6 Å². The van der Waals surface area contributed by atoms with Crippen molar-refractivity contribution in [2.75, 3.05) is 17.2 Å². The molecular formula is C19H18ClN5OS. The summed E-state index contributed by atoms with van der Waals surface area (Å²) in [6.07, 6.45) is 1.81. The Morgan fingerprint density at radius 1 is 1.30 bits per heavy atom. The minimum absolute atomic E-state index is 0.0771. The highest BCUT2D eigenvalue weighted by atomic mass is 35.5. The van der Waals surface area contributed by atoms with Crippen LogP contribution in [0.4, 0.5) is 5.69 Å². The molecule has 0 aliphatic rings. The third-order valence-electron chi connectivity index (χ3n) is 3.88. The number of imidazole rings is 1. The Morgan fingerprint density at radius 2 is 2.04 bits per heavy atom. The first kappa shape index (κ1) is 19.2. The van der Waals surface area contributed by atoms with Crippen LogP contribution in [0.25, 0.3) is 11.2 Å². The molecule has 2 heterocycles. The van der Waals surface area contributed by atoms with Gasteiger partial charge in [-0.15, -0.1) is 0 Å². The number of H-pyrrole nitrogens is 1. The molecular weight excluding hydrogens is 382 g/mol. The Labute approximate surface area is 166 Å². The van der Waals surface area contributed by atoms with E-state index in [1.807, 2.05) is 26.0 Å². The van der Waals surface area contributed by atoms with Gasteiger partial charge in [0.1, 0.15) is 0 Å². The van der Waals surface area contributed by atoms with Crippen LogP contribution >= 0.6 is 23.4 Å². The fourth-order valence-corrected chi connectivity index (χ4v) is 3.70. The molecule has 1 aromatic carbocycles. The molecule has 0 atom stereocenters. The van der Waals surface area contributed by atoms with E-state index in [-0.39, 0.29) is 18.1 Å². The Hall–Kier alpha value is -2.56. The molecule has 1 N–H and O–H groups in total. The summed E-state index contributed by atoms with van der Waals surface area (Å²) in [5, 5.41) is 10.1. The lowest BCUT2D eigenvalue weighted by Crippen LogP contribution is -2.33. The second-order valence-corrected chi connectivity index (χ2v) is 7.56. The largest absolute Gasteiger partial charge is 0.331 e. The zero-order valence-electron chi connectivity index (χ0n) is 15.0. The topological polar surface area (TPSA) is 85.7 Å². The summed E-state index contributed by atoms with van der Waals surface area (Å²) >= 11 is 7.24. The molecule has 0 spiro atoms. The van der Waals surface area contributed by atoms with Gasteiger partial charge in [0.2, 0.25) is 5.91 Å². The van der Waals surface area contributed by atoms with Crippen LogP contribution in [0, 0.1) is 25.2 Å². The molecule has 138 valence electrons. The molecule has 3 aromatic rings. The number of aryl methyl sites for hydroxylation is 2. The smallest absolute Gasteiger partial charge is 0.237 e. The van der Waals surface area contributed by atoms with Crippen LogP contribution in [-0.2, 0) is 4.79 Å². The number of nitrogens with zero attached hydrogens (tertiary/aromatic N) is 4. The second-order valence-electron chi connectivity index (χ2n) is 6.15. The van der Waals surface area contributed by atoms with Gasteiger partial charge in [-0.3, -0.25) is 4.79 Å². The number of carbonyl (C=O) groups is 1. The van der Waals surface area contributed by atoms with Crippen LogP contribution in [0.15, 0.2) is 35.6 Å². The first-order chi connectivity index (χ1) is 13.0. The highest BCUT2D eigenvalue weighted by molar-refractivity contribution is 7.99. The minimum atomic E-state index is -0.0771. The van der Waals surface area contributed by atoms with E-state index in [1.165, 1.54) is 18.0 Å². The second kappa shape index (κ2) is 8.42. The summed E-state index contributed by atoms with van der Waals surface area (Å²) in [6, 6.07) is 9.83. The summed E-state index contributed by atoms with van der Waals surface area (Å²) < 4.78 is 0. The average Bonchev–Trinajstić information content (AvgIpc) is 3.01. The Balaban J connectivity index is 1.76. The van der Waals surface area contributed by atoms with E-state index in [9.17, 15) is 4.79 Å². The minimum Gasteiger partial charge on any atom is -0.331 e. The zero-order chi connectivity index (χ0) is 19.4. The highest BCUT2D eigenvalue weighted by Gasteiger charge is 2.17. The van der Waals surface area contributed by atoms with Crippen molar-refractivity contribution in [2.24, 2.45) is 0 Å². The van der Waals surface area contributed by atoms with Crippen molar-refractivity contribution in [1.82, 2.24) is 15.0 Å². The van der Waals surface area contributed by atoms with Gasteiger partial charge in [-0.2, -0.15) is 5.26 Å². The van der Waals surface area contributed by atoms with Crippen LogP contribution in [0.2, 0.25) is 5.02 Å². The van der Waals surface area contributed by atoms with Gasteiger partial charge in [0.25, 0.3) is 0 Å². The number of aromatic amines is 1. The maximum absolute atomic E-state index is 12.8. The first-order valence-corrected chi connectivity index (χ1v) is 9.72. The summed E-state index contributed by atoms with van der Waals surface area (Å²) in [5.74, 6) is 0.123. The van der Waals surface area contributed by atoms with Gasteiger partial charge in [-0.05, 0) is 43.2 Å². The quantitative estimate of drug-likeness (QED) is 0.625. The number of thioether (sulfide) groups is 1. The number of aromatic nitrogens is 3. The third-order valence-corrected chi connectivity index (χ3v) is 4.95. The number of hydrogen-bond donors (Lipinski definition) is 1. The monoisotopic (exact) mass is 399 g/mol. The fraction of sp³-hybridized carbons (Fsp3) is 0.263. The number of rotatable bonds is 6. The van der Waals surface area contributed by atoms with Gasteiger partial charge in [0.05, 0.1) is 28.8 Å². The Kier molecular flexibility index (Phi) is 5.99. The first-order valence-electron chi connectivity index (χ1n) is 8.36. The van der Waals surface area contributed by atoms with Crippen LogP contribution in [-0.4, -0.2) is 33.2 Å². The van der Waals surface area contributed by atoms with Gasteiger partial charge in [0.15, 0.2) is 10.8 Å². The number of amides is 1. The van der Waals surface area contributed by atoms with Crippen molar-refractivity contribution in [2.45, 2.75) is 25.4 Å². The lowest BCUT2D eigenvalue weighted by molar-refractivity contribution is -0.116. The number of fused-ring (bicyclic) bond motifs is 1. The van der Waals surface area contributed by atoms with Crippen LogP contribution < -0.4 is 4.90 Å². The number of benzene rings is 1. The highest BCUT2D eigenvalue weighted by Crippen LogP contribution is 2.23. The molecule has 2 aromatic heterocycles. The summed E-state index contributed by atoms with van der Waals surface area (Å²) in [6.45, 7) is 4.34. The third kappa shape index (κ3) is 4.79. The molecule has 8 heteroatoms. The van der Waals surface area contributed by atoms with E-state index in [4.69, 9.17) is 16.9 Å². The predicted octanol–water partition coefficient (Wildman–Crippen LogP) is 4.27.